The van der Waals surface area contributed by atoms with Gasteiger partial charge in [0.25, 0.3) is 5.91 Å². The Labute approximate surface area is 182 Å². The molecule has 2 aromatic rings. The monoisotopic (exact) mass is 472 g/mol. The normalized spacial score (nSPS) is 10.3. The Balaban J connectivity index is 1.97. The molecule has 8 nitrogen and oxygen atoms in total. The lowest BCUT2D eigenvalue weighted by molar-refractivity contribution is -0.139. The zero-order valence-electron chi connectivity index (χ0n) is 16.3. The van der Waals surface area contributed by atoms with Gasteiger partial charge in [0.1, 0.15) is 5.75 Å². The SMILES string of the molecule is C=CCNC(=O)C(=O)N/N=C\c1cc(Br)ccc1OCC(=O)Nc1cccc(C)c1. The zero-order valence-corrected chi connectivity index (χ0v) is 17.9. The maximum Gasteiger partial charge on any atom is 0.329 e. The van der Waals surface area contributed by atoms with Crippen LogP contribution in [0.2, 0.25) is 0 Å². The molecule has 0 radical (unpaired) electrons. The number of carbonyl (C=O) groups excluding carboxylic acids is 3. The fourth-order valence-corrected chi connectivity index (χ4v) is 2.65. The fourth-order valence-electron chi connectivity index (χ4n) is 2.27. The molecule has 0 saturated heterocycles. The van der Waals surface area contributed by atoms with Crippen molar-refractivity contribution in [3.63, 3.8) is 0 Å². The number of halogens is 1. The molecule has 2 rings (SSSR count). The van der Waals surface area contributed by atoms with E-state index in [0.29, 0.717) is 17.0 Å². The second-order valence-electron chi connectivity index (χ2n) is 6.09. The molecular weight excluding hydrogens is 452 g/mol. The van der Waals surface area contributed by atoms with Crippen LogP contribution in [0, 0.1) is 6.92 Å². The van der Waals surface area contributed by atoms with Gasteiger partial charge in [0.05, 0.1) is 6.21 Å². The lowest BCUT2D eigenvalue weighted by Gasteiger charge is -2.10. The molecule has 0 heterocycles. The van der Waals surface area contributed by atoms with Gasteiger partial charge in [0.2, 0.25) is 0 Å². The van der Waals surface area contributed by atoms with Crippen LogP contribution in [0.3, 0.4) is 0 Å². The van der Waals surface area contributed by atoms with E-state index in [1.165, 1.54) is 12.3 Å². The molecule has 30 heavy (non-hydrogen) atoms. The molecule has 3 amide bonds. The van der Waals surface area contributed by atoms with Crippen LogP contribution in [0.5, 0.6) is 5.75 Å². The quantitative estimate of drug-likeness (QED) is 0.237. The van der Waals surface area contributed by atoms with Crippen LogP contribution in [0.25, 0.3) is 0 Å². The van der Waals surface area contributed by atoms with Crippen LogP contribution < -0.4 is 20.8 Å². The van der Waals surface area contributed by atoms with Crippen LogP contribution >= 0.6 is 15.9 Å². The van der Waals surface area contributed by atoms with Gasteiger partial charge in [-0.25, -0.2) is 5.43 Å². The molecule has 0 aromatic heterocycles. The van der Waals surface area contributed by atoms with Crippen molar-refractivity contribution >= 4 is 45.6 Å². The highest BCUT2D eigenvalue weighted by Crippen LogP contribution is 2.22. The van der Waals surface area contributed by atoms with E-state index in [4.69, 9.17) is 4.74 Å². The molecule has 9 heteroatoms. The Morgan fingerprint density at radius 3 is 2.70 bits per heavy atom. The first-order chi connectivity index (χ1) is 14.4. The molecule has 0 aliphatic carbocycles. The smallest absolute Gasteiger partial charge is 0.329 e. The number of benzene rings is 2. The molecule has 0 saturated carbocycles. The summed E-state index contributed by atoms with van der Waals surface area (Å²) in [6.45, 7) is 5.33. The van der Waals surface area contributed by atoms with Gasteiger partial charge in [-0.15, -0.1) is 6.58 Å². The summed E-state index contributed by atoms with van der Waals surface area (Å²) in [6, 6.07) is 12.5. The largest absolute Gasteiger partial charge is 0.483 e. The first-order valence-electron chi connectivity index (χ1n) is 8.90. The van der Waals surface area contributed by atoms with Gasteiger partial charge >= 0.3 is 11.8 Å². The Kier molecular flexibility index (Phi) is 8.76. The number of carbonyl (C=O) groups is 3. The van der Waals surface area contributed by atoms with E-state index in [9.17, 15) is 14.4 Å². The number of nitrogens with zero attached hydrogens (tertiary/aromatic N) is 1. The highest BCUT2D eigenvalue weighted by atomic mass is 79.9. The van der Waals surface area contributed by atoms with Crippen LogP contribution in [-0.4, -0.2) is 37.1 Å². The molecule has 0 fully saturated rings. The summed E-state index contributed by atoms with van der Waals surface area (Å²) < 4.78 is 6.33. The number of hydrogen-bond acceptors (Lipinski definition) is 5. The first-order valence-corrected chi connectivity index (χ1v) is 9.69. The average Bonchev–Trinajstić information content (AvgIpc) is 2.71. The van der Waals surface area contributed by atoms with Crippen LogP contribution in [0.4, 0.5) is 5.69 Å². The molecule has 0 spiro atoms. The number of hydrazone groups is 1. The van der Waals surface area contributed by atoms with E-state index in [2.05, 4.69) is 43.7 Å². The predicted molar refractivity (Wildman–Crippen MR) is 118 cm³/mol. The van der Waals surface area contributed by atoms with Crippen molar-refractivity contribution in [1.29, 1.82) is 0 Å². The molecular formula is C21H21BrN4O4. The topological polar surface area (TPSA) is 109 Å². The van der Waals surface area contributed by atoms with Crippen molar-refractivity contribution in [3.8, 4) is 5.75 Å². The Bertz CT molecular complexity index is 975. The Morgan fingerprint density at radius 1 is 1.17 bits per heavy atom. The van der Waals surface area contributed by atoms with E-state index < -0.39 is 11.8 Å². The highest BCUT2D eigenvalue weighted by molar-refractivity contribution is 9.10. The highest BCUT2D eigenvalue weighted by Gasteiger charge is 2.11. The van der Waals surface area contributed by atoms with Gasteiger partial charge in [-0.1, -0.05) is 34.1 Å². The molecule has 0 aliphatic heterocycles. The maximum absolute atomic E-state index is 12.2. The number of rotatable bonds is 8. The minimum atomic E-state index is -0.914. The second kappa shape index (κ2) is 11.5. The van der Waals surface area contributed by atoms with Crippen LogP contribution in [0.1, 0.15) is 11.1 Å². The van der Waals surface area contributed by atoms with Gasteiger partial charge in [-0.3, -0.25) is 14.4 Å². The van der Waals surface area contributed by atoms with Crippen molar-refractivity contribution in [3.05, 3.63) is 70.7 Å². The van der Waals surface area contributed by atoms with Gasteiger partial charge in [-0.2, -0.15) is 5.10 Å². The third-order valence-corrected chi connectivity index (χ3v) is 4.11. The maximum atomic E-state index is 12.2. The minimum Gasteiger partial charge on any atom is -0.483 e. The van der Waals surface area contributed by atoms with Crippen molar-refractivity contribution in [2.45, 2.75) is 6.92 Å². The van der Waals surface area contributed by atoms with Crippen molar-refractivity contribution in [2.75, 3.05) is 18.5 Å². The van der Waals surface area contributed by atoms with E-state index in [-0.39, 0.29) is 19.1 Å². The summed E-state index contributed by atoms with van der Waals surface area (Å²) in [7, 11) is 0. The Morgan fingerprint density at radius 2 is 1.97 bits per heavy atom. The number of nitrogens with one attached hydrogen (secondary N) is 3. The van der Waals surface area contributed by atoms with E-state index >= 15 is 0 Å². The van der Waals surface area contributed by atoms with Gasteiger partial charge in [0, 0.05) is 22.3 Å². The van der Waals surface area contributed by atoms with Crippen molar-refractivity contribution < 1.29 is 19.1 Å². The Hall–Kier alpha value is -3.46. The minimum absolute atomic E-state index is 0.171. The number of aryl methyl sites for hydroxylation is 1. The standard InChI is InChI=1S/C21H21BrN4O4/c1-3-9-23-20(28)21(29)26-24-12-15-11-16(22)7-8-18(15)30-13-19(27)25-17-6-4-5-14(2)10-17/h3-8,10-12H,1,9,13H2,2H3,(H,23,28)(H,25,27)(H,26,29)/b24-12-. The molecule has 3 N–H and O–H groups in total. The van der Waals surface area contributed by atoms with Gasteiger partial charge in [0.15, 0.2) is 6.61 Å². The van der Waals surface area contributed by atoms with E-state index in [1.807, 2.05) is 25.1 Å². The molecule has 0 bridgehead atoms. The van der Waals surface area contributed by atoms with Gasteiger partial charge < -0.3 is 15.4 Å². The molecule has 0 atom stereocenters. The molecule has 0 unspecified atom stereocenters. The first kappa shape index (κ1) is 22.8. The number of hydrogen-bond donors (Lipinski definition) is 3. The predicted octanol–water partition coefficient (Wildman–Crippen LogP) is 2.53. The number of amides is 3. The summed E-state index contributed by atoms with van der Waals surface area (Å²) in [5.74, 6) is -1.68. The number of anilines is 1. The van der Waals surface area contributed by atoms with Crippen LogP contribution in [0.15, 0.2) is 64.7 Å². The second-order valence-corrected chi connectivity index (χ2v) is 7.00. The average molecular weight is 473 g/mol. The lowest BCUT2D eigenvalue weighted by atomic mass is 10.2. The third kappa shape index (κ3) is 7.51. The number of ether oxygens (including phenoxy) is 1. The van der Waals surface area contributed by atoms with Crippen LogP contribution in [-0.2, 0) is 14.4 Å². The summed E-state index contributed by atoms with van der Waals surface area (Å²) >= 11 is 3.34. The zero-order chi connectivity index (χ0) is 21.9. The van der Waals surface area contributed by atoms with E-state index in [0.717, 1.165) is 10.0 Å². The molecule has 2 aromatic carbocycles. The fraction of sp³-hybridized carbons (Fsp3) is 0.143. The molecule has 156 valence electrons. The summed E-state index contributed by atoms with van der Waals surface area (Å²) in [5, 5.41) is 8.86. The third-order valence-electron chi connectivity index (χ3n) is 3.62. The van der Waals surface area contributed by atoms with Crippen molar-refractivity contribution in [1.82, 2.24) is 10.7 Å². The van der Waals surface area contributed by atoms with Gasteiger partial charge in [-0.05, 0) is 42.8 Å². The summed E-state index contributed by atoms with van der Waals surface area (Å²) in [4.78, 5) is 35.3. The summed E-state index contributed by atoms with van der Waals surface area (Å²) in [5.41, 5.74) is 4.33. The molecule has 0 aliphatic rings. The summed E-state index contributed by atoms with van der Waals surface area (Å²) in [6.07, 6.45) is 2.77. The van der Waals surface area contributed by atoms with E-state index in [1.54, 1.807) is 24.3 Å². The van der Waals surface area contributed by atoms with Crippen molar-refractivity contribution in [2.24, 2.45) is 5.10 Å². The lowest BCUT2D eigenvalue weighted by Crippen LogP contribution is -2.37.